The van der Waals surface area contributed by atoms with E-state index in [-0.39, 0.29) is 5.91 Å². The number of hydrogen-bond acceptors (Lipinski definition) is 4. The molecule has 1 rings (SSSR count). The van der Waals surface area contributed by atoms with Gasteiger partial charge in [-0.1, -0.05) is 0 Å². The van der Waals surface area contributed by atoms with Gasteiger partial charge in [0.15, 0.2) is 0 Å². The van der Waals surface area contributed by atoms with Crippen LogP contribution in [0.2, 0.25) is 0 Å². The van der Waals surface area contributed by atoms with Crippen molar-refractivity contribution in [3.05, 3.63) is 28.0 Å². The van der Waals surface area contributed by atoms with Gasteiger partial charge in [-0.2, -0.15) is 0 Å². The molecule has 0 unspecified atom stereocenters. The zero-order valence-electron chi connectivity index (χ0n) is 10.0. The monoisotopic (exact) mass is 269 g/mol. The van der Waals surface area contributed by atoms with Crippen LogP contribution in [-0.2, 0) is 9.53 Å². The molecule has 0 atom stereocenters. The van der Waals surface area contributed by atoms with Crippen LogP contribution in [0.1, 0.15) is 21.5 Å². The number of aliphatic carboxylic acids is 1. The number of thiophene rings is 1. The van der Waals surface area contributed by atoms with E-state index in [4.69, 9.17) is 9.84 Å². The van der Waals surface area contributed by atoms with Crippen molar-refractivity contribution in [1.29, 1.82) is 0 Å². The number of hydrogen-bond donors (Lipinski definition) is 2. The summed E-state index contributed by atoms with van der Waals surface area (Å²) >= 11 is 1.24. The quantitative estimate of drug-likeness (QED) is 0.582. The first kappa shape index (κ1) is 14.4. The van der Waals surface area contributed by atoms with Gasteiger partial charge in [-0.05, 0) is 25.1 Å². The van der Waals surface area contributed by atoms with Gasteiger partial charge < -0.3 is 15.2 Å². The van der Waals surface area contributed by atoms with E-state index in [1.165, 1.54) is 17.4 Å². The van der Waals surface area contributed by atoms with Crippen LogP contribution < -0.4 is 5.32 Å². The van der Waals surface area contributed by atoms with Crippen molar-refractivity contribution in [3.63, 3.8) is 0 Å². The Hall–Kier alpha value is -1.66. The van der Waals surface area contributed by atoms with Gasteiger partial charge in [-0.3, -0.25) is 4.79 Å². The first-order valence-electron chi connectivity index (χ1n) is 5.50. The standard InChI is InChI=1S/C12H15NO4S/c1-2-17-8-7-13-12(16)10-5-3-9(18-10)4-6-11(14)15/h3-6H,2,7-8H2,1H3,(H,13,16)(H,14,15)/b6-4+. The highest BCUT2D eigenvalue weighted by Crippen LogP contribution is 2.17. The van der Waals surface area contributed by atoms with Gasteiger partial charge in [0.1, 0.15) is 0 Å². The number of carbonyl (C=O) groups is 2. The zero-order chi connectivity index (χ0) is 13.4. The molecule has 1 aromatic rings. The lowest BCUT2D eigenvalue weighted by molar-refractivity contribution is -0.131. The molecule has 0 saturated carbocycles. The third-order valence-corrected chi connectivity index (χ3v) is 3.03. The van der Waals surface area contributed by atoms with Crippen molar-refractivity contribution in [3.8, 4) is 0 Å². The van der Waals surface area contributed by atoms with E-state index < -0.39 is 5.97 Å². The van der Waals surface area contributed by atoms with Crippen molar-refractivity contribution in [1.82, 2.24) is 5.32 Å². The molecule has 0 saturated heterocycles. The van der Waals surface area contributed by atoms with Crippen molar-refractivity contribution in [2.75, 3.05) is 19.8 Å². The Morgan fingerprint density at radius 3 is 2.94 bits per heavy atom. The minimum absolute atomic E-state index is 0.172. The predicted molar refractivity (Wildman–Crippen MR) is 69.8 cm³/mol. The lowest BCUT2D eigenvalue weighted by atomic mass is 10.4. The molecule has 0 aromatic carbocycles. The van der Waals surface area contributed by atoms with Gasteiger partial charge in [0.2, 0.25) is 0 Å². The first-order chi connectivity index (χ1) is 8.63. The van der Waals surface area contributed by atoms with Crippen molar-refractivity contribution in [2.24, 2.45) is 0 Å². The molecule has 6 heteroatoms. The Kier molecular flexibility index (Phi) is 6.10. The van der Waals surface area contributed by atoms with E-state index in [0.717, 1.165) is 11.0 Å². The highest BCUT2D eigenvalue weighted by molar-refractivity contribution is 7.14. The maximum atomic E-state index is 11.7. The second kappa shape index (κ2) is 7.62. The maximum absolute atomic E-state index is 11.7. The summed E-state index contributed by atoms with van der Waals surface area (Å²) in [5.74, 6) is -1.18. The third kappa shape index (κ3) is 5.11. The average molecular weight is 269 g/mol. The average Bonchev–Trinajstić information content (AvgIpc) is 2.80. The van der Waals surface area contributed by atoms with Gasteiger partial charge in [0.25, 0.3) is 5.91 Å². The summed E-state index contributed by atoms with van der Waals surface area (Å²) < 4.78 is 5.10. The summed E-state index contributed by atoms with van der Waals surface area (Å²) in [5, 5.41) is 11.2. The molecule has 1 amide bonds. The molecule has 2 N–H and O–H groups in total. The summed E-state index contributed by atoms with van der Waals surface area (Å²) in [6.45, 7) is 3.46. The molecule has 0 fully saturated rings. The highest BCUT2D eigenvalue weighted by atomic mass is 32.1. The highest BCUT2D eigenvalue weighted by Gasteiger charge is 2.07. The molecule has 1 aromatic heterocycles. The largest absolute Gasteiger partial charge is 0.478 e. The topological polar surface area (TPSA) is 75.6 Å². The maximum Gasteiger partial charge on any atom is 0.328 e. The fourth-order valence-electron chi connectivity index (χ4n) is 1.19. The van der Waals surface area contributed by atoms with Crippen molar-refractivity contribution in [2.45, 2.75) is 6.92 Å². The van der Waals surface area contributed by atoms with Gasteiger partial charge in [0, 0.05) is 24.1 Å². The molecule has 5 nitrogen and oxygen atoms in total. The van der Waals surface area contributed by atoms with E-state index in [9.17, 15) is 9.59 Å². The van der Waals surface area contributed by atoms with E-state index in [2.05, 4.69) is 5.32 Å². The van der Waals surface area contributed by atoms with Crippen molar-refractivity contribution < 1.29 is 19.4 Å². The van der Waals surface area contributed by atoms with E-state index >= 15 is 0 Å². The Morgan fingerprint density at radius 2 is 2.28 bits per heavy atom. The number of amides is 1. The zero-order valence-corrected chi connectivity index (χ0v) is 10.8. The molecule has 18 heavy (non-hydrogen) atoms. The van der Waals surface area contributed by atoms with Crippen LogP contribution in [0.3, 0.4) is 0 Å². The smallest absolute Gasteiger partial charge is 0.328 e. The normalized spacial score (nSPS) is 10.7. The minimum Gasteiger partial charge on any atom is -0.478 e. The molecular formula is C12H15NO4S. The summed E-state index contributed by atoms with van der Waals surface area (Å²) in [6.07, 6.45) is 2.51. The van der Waals surface area contributed by atoms with Gasteiger partial charge in [-0.15, -0.1) is 11.3 Å². The summed E-state index contributed by atoms with van der Waals surface area (Å²) in [7, 11) is 0. The molecule has 98 valence electrons. The van der Waals surface area contributed by atoms with Crippen LogP contribution in [0, 0.1) is 0 Å². The lowest BCUT2D eigenvalue weighted by Crippen LogP contribution is -2.26. The van der Waals surface area contributed by atoms with Crippen LogP contribution in [0.5, 0.6) is 0 Å². The first-order valence-corrected chi connectivity index (χ1v) is 6.32. The molecule has 1 heterocycles. The fourth-order valence-corrected chi connectivity index (χ4v) is 2.01. The van der Waals surface area contributed by atoms with E-state index in [1.54, 1.807) is 12.1 Å². The lowest BCUT2D eigenvalue weighted by Gasteiger charge is -2.02. The summed E-state index contributed by atoms with van der Waals surface area (Å²) in [5.41, 5.74) is 0. The minimum atomic E-state index is -1.01. The van der Waals surface area contributed by atoms with Crippen LogP contribution in [-0.4, -0.2) is 36.7 Å². The van der Waals surface area contributed by atoms with Crippen LogP contribution in [0.25, 0.3) is 6.08 Å². The second-order valence-corrected chi connectivity index (χ2v) is 4.44. The Bertz CT molecular complexity index is 439. The second-order valence-electron chi connectivity index (χ2n) is 3.33. The number of rotatable bonds is 7. The van der Waals surface area contributed by atoms with E-state index in [1.807, 2.05) is 6.92 Å². The number of ether oxygens (including phenoxy) is 1. The SMILES string of the molecule is CCOCCNC(=O)c1ccc(/C=C/C(=O)O)s1. The molecule has 0 aliphatic rings. The third-order valence-electron chi connectivity index (χ3n) is 1.98. The van der Waals surface area contributed by atoms with Gasteiger partial charge in [0.05, 0.1) is 11.5 Å². The molecule has 0 radical (unpaired) electrons. The van der Waals surface area contributed by atoms with Gasteiger partial charge >= 0.3 is 5.97 Å². The van der Waals surface area contributed by atoms with E-state index in [0.29, 0.717) is 24.6 Å². The van der Waals surface area contributed by atoms with Crippen LogP contribution in [0.4, 0.5) is 0 Å². The Labute approximate surface area is 109 Å². The molecule has 0 spiro atoms. The number of carboxylic acid groups (broad SMARTS) is 1. The number of carbonyl (C=O) groups excluding carboxylic acids is 1. The van der Waals surface area contributed by atoms with Gasteiger partial charge in [-0.25, -0.2) is 4.79 Å². The fraction of sp³-hybridized carbons (Fsp3) is 0.333. The van der Waals surface area contributed by atoms with Crippen LogP contribution >= 0.6 is 11.3 Å². The molecular weight excluding hydrogens is 254 g/mol. The Balaban J connectivity index is 2.46. The molecule has 0 aliphatic carbocycles. The molecule has 0 aliphatic heterocycles. The number of carboxylic acids is 1. The predicted octanol–water partition coefficient (Wildman–Crippen LogP) is 1.61. The van der Waals surface area contributed by atoms with Crippen molar-refractivity contribution >= 4 is 29.3 Å². The summed E-state index contributed by atoms with van der Waals surface area (Å²) in [6, 6.07) is 3.38. The number of nitrogens with one attached hydrogen (secondary N) is 1. The molecule has 0 bridgehead atoms. The van der Waals surface area contributed by atoms with Crippen LogP contribution in [0.15, 0.2) is 18.2 Å². The summed E-state index contributed by atoms with van der Waals surface area (Å²) in [4.78, 5) is 23.3. The Morgan fingerprint density at radius 1 is 1.50 bits per heavy atom.